The molecule has 0 unspecified atom stereocenters. The molecule has 78 valence electrons. The third-order valence-electron chi connectivity index (χ3n) is 2.28. The number of rotatable bonds is 0. The molecule has 0 aliphatic carbocycles. The zero-order chi connectivity index (χ0) is 11.1. The average Bonchev–Trinajstić information content (AvgIpc) is 2.16. The molecule has 1 heterocycles. The molecule has 0 amide bonds. The Labute approximate surface area is 84.6 Å². The van der Waals surface area contributed by atoms with Crippen LogP contribution in [0.25, 0.3) is 10.8 Å². The van der Waals surface area contributed by atoms with Crippen LogP contribution in [0.3, 0.4) is 0 Å². The summed E-state index contributed by atoms with van der Waals surface area (Å²) in [6.45, 7) is 1.63. The maximum atomic E-state index is 12.7. The molecule has 4 heteroatoms. The lowest BCUT2D eigenvalue weighted by Crippen LogP contribution is -2.06. The quantitative estimate of drug-likeness (QED) is 0.649. The zero-order valence-electron chi connectivity index (χ0n) is 7.97. The molecule has 1 aromatic carbocycles. The highest BCUT2D eigenvalue weighted by molar-refractivity contribution is 5.88. The fourth-order valence-corrected chi connectivity index (χ4v) is 1.65. The number of aryl methyl sites for hydroxylation is 1. The molecular formula is C11H8F3N. The number of alkyl halides is 3. The number of halogens is 3. The van der Waals surface area contributed by atoms with Gasteiger partial charge in [-0.1, -0.05) is 12.1 Å². The SMILES string of the molecule is Cc1cncc2cccc(C(F)(F)F)c12. The molecule has 0 bridgehead atoms. The summed E-state index contributed by atoms with van der Waals surface area (Å²) in [5.41, 5.74) is -0.0553. The zero-order valence-corrected chi connectivity index (χ0v) is 7.97. The van der Waals surface area contributed by atoms with Gasteiger partial charge in [0.05, 0.1) is 5.56 Å². The van der Waals surface area contributed by atoms with Crippen molar-refractivity contribution in [1.82, 2.24) is 4.98 Å². The average molecular weight is 211 g/mol. The molecule has 0 atom stereocenters. The molecule has 0 aliphatic rings. The summed E-state index contributed by atoms with van der Waals surface area (Å²) in [6.07, 6.45) is -1.43. The van der Waals surface area contributed by atoms with Crippen molar-refractivity contribution in [3.63, 3.8) is 0 Å². The van der Waals surface area contributed by atoms with Crippen LogP contribution in [0.4, 0.5) is 13.2 Å². The highest BCUT2D eigenvalue weighted by atomic mass is 19.4. The van der Waals surface area contributed by atoms with E-state index in [1.165, 1.54) is 18.5 Å². The van der Waals surface area contributed by atoms with Gasteiger partial charge in [-0.2, -0.15) is 13.2 Å². The van der Waals surface area contributed by atoms with Crippen molar-refractivity contribution in [2.75, 3.05) is 0 Å². The molecular weight excluding hydrogens is 203 g/mol. The summed E-state index contributed by atoms with van der Waals surface area (Å²) in [7, 11) is 0. The maximum absolute atomic E-state index is 12.7. The molecule has 0 spiro atoms. The summed E-state index contributed by atoms with van der Waals surface area (Å²) in [4.78, 5) is 3.87. The van der Waals surface area contributed by atoms with Crippen LogP contribution in [0.15, 0.2) is 30.6 Å². The standard InChI is InChI=1S/C11H8F3N/c1-7-5-15-6-8-3-2-4-9(10(7)8)11(12,13)14/h2-6H,1H3. The minimum atomic E-state index is -4.31. The normalized spacial score (nSPS) is 12.0. The molecule has 2 rings (SSSR count). The first-order valence-electron chi connectivity index (χ1n) is 4.40. The van der Waals surface area contributed by atoms with Crippen molar-refractivity contribution in [2.24, 2.45) is 0 Å². The van der Waals surface area contributed by atoms with Crippen molar-refractivity contribution < 1.29 is 13.2 Å². The third-order valence-corrected chi connectivity index (χ3v) is 2.28. The van der Waals surface area contributed by atoms with Gasteiger partial charge < -0.3 is 0 Å². The molecule has 0 saturated heterocycles. The summed E-state index contributed by atoms with van der Waals surface area (Å²) in [5, 5.41) is 0.754. The van der Waals surface area contributed by atoms with E-state index < -0.39 is 11.7 Å². The fourth-order valence-electron chi connectivity index (χ4n) is 1.65. The minimum absolute atomic E-state index is 0.236. The van der Waals surface area contributed by atoms with Crippen molar-refractivity contribution in [3.05, 3.63) is 41.7 Å². The fraction of sp³-hybridized carbons (Fsp3) is 0.182. The van der Waals surface area contributed by atoms with Crippen LogP contribution >= 0.6 is 0 Å². The van der Waals surface area contributed by atoms with Crippen LogP contribution in [-0.2, 0) is 6.18 Å². The van der Waals surface area contributed by atoms with Gasteiger partial charge in [0, 0.05) is 17.8 Å². The van der Waals surface area contributed by atoms with Gasteiger partial charge in [0.25, 0.3) is 0 Å². The van der Waals surface area contributed by atoms with E-state index in [1.807, 2.05) is 0 Å². The van der Waals surface area contributed by atoms with Gasteiger partial charge in [0.1, 0.15) is 0 Å². The minimum Gasteiger partial charge on any atom is -0.264 e. The summed E-state index contributed by atoms with van der Waals surface area (Å²) in [6, 6.07) is 4.12. The molecule has 0 radical (unpaired) electrons. The van der Waals surface area contributed by atoms with Gasteiger partial charge in [-0.3, -0.25) is 4.98 Å². The lowest BCUT2D eigenvalue weighted by Gasteiger charge is -2.11. The van der Waals surface area contributed by atoms with Gasteiger partial charge in [0.2, 0.25) is 0 Å². The van der Waals surface area contributed by atoms with Crippen molar-refractivity contribution >= 4 is 10.8 Å². The van der Waals surface area contributed by atoms with E-state index in [9.17, 15) is 13.2 Å². The number of fused-ring (bicyclic) bond motifs is 1. The molecule has 0 N–H and O–H groups in total. The second kappa shape index (κ2) is 3.22. The Balaban J connectivity index is 2.86. The van der Waals surface area contributed by atoms with Crippen LogP contribution in [-0.4, -0.2) is 4.98 Å². The number of hydrogen-bond acceptors (Lipinski definition) is 1. The molecule has 1 aromatic heterocycles. The number of benzene rings is 1. The van der Waals surface area contributed by atoms with E-state index >= 15 is 0 Å². The van der Waals surface area contributed by atoms with Crippen LogP contribution < -0.4 is 0 Å². The smallest absolute Gasteiger partial charge is 0.264 e. The topological polar surface area (TPSA) is 12.9 Å². The second-order valence-electron chi connectivity index (χ2n) is 3.36. The van der Waals surface area contributed by atoms with Gasteiger partial charge >= 0.3 is 6.18 Å². The number of aromatic nitrogens is 1. The van der Waals surface area contributed by atoms with E-state index in [0.29, 0.717) is 10.9 Å². The summed E-state index contributed by atoms with van der Waals surface area (Å²) in [5.74, 6) is 0. The number of pyridine rings is 1. The maximum Gasteiger partial charge on any atom is 0.417 e. The Morgan fingerprint density at radius 2 is 1.87 bits per heavy atom. The van der Waals surface area contributed by atoms with Crippen LogP contribution in [0.5, 0.6) is 0 Å². The first kappa shape index (κ1) is 9.96. The van der Waals surface area contributed by atoms with Crippen LogP contribution in [0.1, 0.15) is 11.1 Å². The Kier molecular flexibility index (Phi) is 2.14. The van der Waals surface area contributed by atoms with Crippen molar-refractivity contribution in [3.8, 4) is 0 Å². The van der Waals surface area contributed by atoms with Gasteiger partial charge in [-0.25, -0.2) is 0 Å². The Morgan fingerprint density at radius 1 is 1.13 bits per heavy atom. The van der Waals surface area contributed by atoms with Gasteiger partial charge in [-0.15, -0.1) is 0 Å². The molecule has 0 saturated carbocycles. The van der Waals surface area contributed by atoms with Crippen molar-refractivity contribution in [1.29, 1.82) is 0 Å². The van der Waals surface area contributed by atoms with Crippen LogP contribution in [0.2, 0.25) is 0 Å². The monoisotopic (exact) mass is 211 g/mol. The van der Waals surface area contributed by atoms with E-state index in [4.69, 9.17) is 0 Å². The number of nitrogens with zero attached hydrogens (tertiary/aromatic N) is 1. The third kappa shape index (κ3) is 1.67. The van der Waals surface area contributed by atoms with Gasteiger partial charge in [-0.05, 0) is 23.9 Å². The molecule has 15 heavy (non-hydrogen) atoms. The first-order valence-corrected chi connectivity index (χ1v) is 4.40. The van der Waals surface area contributed by atoms with E-state index in [1.54, 1.807) is 13.0 Å². The van der Waals surface area contributed by atoms with E-state index in [-0.39, 0.29) is 5.39 Å². The predicted molar refractivity (Wildman–Crippen MR) is 51.5 cm³/mol. The van der Waals surface area contributed by atoms with E-state index in [2.05, 4.69) is 4.98 Å². The predicted octanol–water partition coefficient (Wildman–Crippen LogP) is 3.56. The number of hydrogen-bond donors (Lipinski definition) is 0. The molecule has 0 fully saturated rings. The summed E-state index contributed by atoms with van der Waals surface area (Å²) >= 11 is 0. The van der Waals surface area contributed by atoms with Gasteiger partial charge in [0.15, 0.2) is 0 Å². The Bertz CT molecular complexity index is 497. The first-order chi connectivity index (χ1) is 7.00. The van der Waals surface area contributed by atoms with Crippen molar-refractivity contribution in [2.45, 2.75) is 13.1 Å². The lowest BCUT2D eigenvalue weighted by molar-refractivity contribution is -0.136. The Morgan fingerprint density at radius 3 is 2.53 bits per heavy atom. The Hall–Kier alpha value is -1.58. The lowest BCUT2D eigenvalue weighted by atomic mass is 10.0. The van der Waals surface area contributed by atoms with E-state index in [0.717, 1.165) is 6.07 Å². The molecule has 0 aliphatic heterocycles. The highest BCUT2D eigenvalue weighted by Crippen LogP contribution is 2.35. The largest absolute Gasteiger partial charge is 0.417 e. The second-order valence-corrected chi connectivity index (χ2v) is 3.36. The summed E-state index contributed by atoms with van der Waals surface area (Å²) < 4.78 is 38.0. The molecule has 1 nitrogen and oxygen atoms in total. The van der Waals surface area contributed by atoms with Crippen LogP contribution in [0, 0.1) is 6.92 Å². The molecule has 2 aromatic rings. The highest BCUT2D eigenvalue weighted by Gasteiger charge is 2.32.